The third kappa shape index (κ3) is 21.7. The van der Waals surface area contributed by atoms with Crippen LogP contribution in [0, 0.1) is 0 Å². The van der Waals surface area contributed by atoms with Crippen LogP contribution >= 0.6 is 7.82 Å². The van der Waals surface area contributed by atoms with Crippen molar-refractivity contribution in [2.45, 2.75) is 0 Å². The molecule has 0 saturated heterocycles. The van der Waals surface area contributed by atoms with Gasteiger partial charge < -0.3 is 19.2 Å². The summed E-state index contributed by atoms with van der Waals surface area (Å²) in [5, 5.41) is 0. The first-order chi connectivity index (χ1) is 12.2. The molecule has 0 radical (unpaired) electrons. The molecule has 3 aromatic rings. The minimum absolute atomic E-state index is 1.26. The molecule has 0 aliphatic rings. The van der Waals surface area contributed by atoms with E-state index < -0.39 is 7.82 Å². The van der Waals surface area contributed by atoms with Gasteiger partial charge in [0.25, 0.3) is 0 Å². The van der Waals surface area contributed by atoms with Gasteiger partial charge in [-0.2, -0.15) is 7.82 Å². The van der Waals surface area contributed by atoms with Gasteiger partial charge in [-0.25, -0.2) is 0 Å². The molecule has 0 bridgehead atoms. The molecule has 4 nitrogen and oxygen atoms in total. The Morgan fingerprint density at radius 2 is 0.654 bits per heavy atom. The molecule has 0 spiro atoms. The van der Waals surface area contributed by atoms with Crippen molar-refractivity contribution in [2.24, 2.45) is 0 Å². The van der Waals surface area contributed by atoms with Gasteiger partial charge in [-0.1, -0.05) is 0 Å². The van der Waals surface area contributed by atoms with Crippen LogP contribution in [0.15, 0.2) is 91.0 Å². The van der Waals surface area contributed by atoms with E-state index in [4.69, 9.17) is 19.2 Å². The van der Waals surface area contributed by atoms with Crippen molar-refractivity contribution in [1.82, 2.24) is 0 Å². The first-order valence-electron chi connectivity index (χ1n) is 7.52. The SMILES string of the molecule is O=P([O-])([O-])[O-].[Zn+][c]1ccccc1.[Zn+][c]1ccccc1.[Zn+][c]1ccccc1. The van der Waals surface area contributed by atoms with E-state index in [2.05, 4.69) is 72.8 Å². The molecule has 0 unspecified atom stereocenters. The van der Waals surface area contributed by atoms with Gasteiger partial charge in [-0.05, 0) is 0 Å². The summed E-state index contributed by atoms with van der Waals surface area (Å²) in [7, 11) is -5.39. The van der Waals surface area contributed by atoms with Crippen LogP contribution in [-0.4, -0.2) is 0 Å². The molecular formula is C18H15O4PZn3. The van der Waals surface area contributed by atoms with Crippen molar-refractivity contribution < 1.29 is 74.2 Å². The second-order valence-corrected chi connectivity index (χ2v) is 10.9. The van der Waals surface area contributed by atoms with E-state index >= 15 is 0 Å². The molecule has 0 aliphatic heterocycles. The van der Waals surface area contributed by atoms with Crippen molar-refractivity contribution in [3.63, 3.8) is 0 Å². The summed E-state index contributed by atoms with van der Waals surface area (Å²) in [5.74, 6) is 0. The van der Waals surface area contributed by atoms with Gasteiger partial charge in [0.15, 0.2) is 0 Å². The zero-order valence-electron chi connectivity index (χ0n) is 14.4. The Morgan fingerprint density at radius 3 is 0.731 bits per heavy atom. The van der Waals surface area contributed by atoms with Crippen LogP contribution < -0.4 is 27.2 Å². The van der Waals surface area contributed by atoms with Crippen molar-refractivity contribution >= 4 is 20.3 Å². The van der Waals surface area contributed by atoms with Crippen molar-refractivity contribution in [3.8, 4) is 0 Å². The maximum absolute atomic E-state index is 8.55. The maximum atomic E-state index is 8.55. The van der Waals surface area contributed by atoms with Crippen molar-refractivity contribution in [2.75, 3.05) is 0 Å². The Kier molecular flexibility index (Phi) is 15.5. The van der Waals surface area contributed by atoms with Gasteiger partial charge in [0.05, 0.1) is 0 Å². The number of rotatable bonds is 0. The molecule has 8 heteroatoms. The predicted molar refractivity (Wildman–Crippen MR) is 85.8 cm³/mol. The fraction of sp³-hybridized carbons (Fsp3) is 0. The molecule has 0 heterocycles. The molecule has 0 saturated carbocycles. The van der Waals surface area contributed by atoms with E-state index in [0.29, 0.717) is 0 Å². The monoisotopic (exact) mass is 518 g/mol. The summed E-state index contributed by atoms with van der Waals surface area (Å²) in [4.78, 5) is 25.6. The molecule has 0 fully saturated rings. The Balaban J connectivity index is 0.000000324. The number of hydrogen-bond acceptors (Lipinski definition) is 4. The number of hydrogen-bond donors (Lipinski definition) is 0. The second-order valence-electron chi connectivity index (χ2n) is 4.90. The van der Waals surface area contributed by atoms with Gasteiger partial charge >= 0.3 is 158 Å². The predicted octanol–water partition coefficient (Wildman–Crippen LogP) is -0.248. The summed E-state index contributed by atoms with van der Waals surface area (Å²) in [5.41, 5.74) is 0. The second kappa shape index (κ2) is 15.7. The van der Waals surface area contributed by atoms with E-state index in [-0.39, 0.29) is 0 Å². The van der Waals surface area contributed by atoms with Crippen molar-refractivity contribution in [1.29, 1.82) is 0 Å². The zero-order chi connectivity index (χ0) is 19.8. The number of benzene rings is 3. The molecule has 3 aromatic carbocycles. The summed E-state index contributed by atoms with van der Waals surface area (Å²) in [6.45, 7) is 0. The van der Waals surface area contributed by atoms with Crippen LogP contribution in [-0.2, 0) is 59.5 Å². The standard InChI is InChI=1S/3C6H5.H3O4P.3Zn/c3*1-2-4-6-5-3-1;1-5(2,3)4;;;/h3*1-5H;(H3,1,2,3,4);;;/q;;;;3*+1/p-3. The first kappa shape index (κ1) is 25.6. The first-order valence-corrected chi connectivity index (χ1v) is 13.4. The van der Waals surface area contributed by atoms with Crippen LogP contribution in [0.25, 0.3) is 0 Å². The van der Waals surface area contributed by atoms with E-state index in [0.717, 1.165) is 0 Å². The van der Waals surface area contributed by atoms with E-state index in [9.17, 15) is 0 Å². The van der Waals surface area contributed by atoms with Gasteiger partial charge in [-0.15, -0.1) is 0 Å². The molecule has 0 N–H and O–H groups in total. The fourth-order valence-electron chi connectivity index (χ4n) is 1.43. The van der Waals surface area contributed by atoms with Gasteiger partial charge in [0.1, 0.15) is 0 Å². The molecule has 26 heavy (non-hydrogen) atoms. The van der Waals surface area contributed by atoms with Crippen LogP contribution in [0.3, 0.4) is 0 Å². The van der Waals surface area contributed by atoms with Gasteiger partial charge in [0.2, 0.25) is 0 Å². The Hall–Kier alpha value is -0.360. The van der Waals surface area contributed by atoms with Crippen LogP contribution in [0.5, 0.6) is 0 Å². The summed E-state index contributed by atoms with van der Waals surface area (Å²) in [6, 6.07) is 31.4. The molecule has 0 aromatic heterocycles. The zero-order valence-corrected chi connectivity index (χ0v) is 24.2. The molecule has 0 amide bonds. The summed E-state index contributed by atoms with van der Waals surface area (Å²) >= 11 is 3.79. The molecule has 3 rings (SSSR count). The van der Waals surface area contributed by atoms with E-state index in [1.165, 1.54) is 67.4 Å². The van der Waals surface area contributed by atoms with Crippen LogP contribution in [0.2, 0.25) is 0 Å². The Labute approximate surface area is 184 Å². The van der Waals surface area contributed by atoms with Crippen molar-refractivity contribution in [3.05, 3.63) is 91.0 Å². The Bertz CT molecular complexity index is 641. The molecule has 0 aliphatic carbocycles. The molecular weight excluding hydrogens is 507 g/mol. The van der Waals surface area contributed by atoms with Gasteiger partial charge in [-0.3, -0.25) is 0 Å². The van der Waals surface area contributed by atoms with E-state index in [1.807, 2.05) is 18.2 Å². The third-order valence-corrected chi connectivity index (χ3v) is 5.50. The van der Waals surface area contributed by atoms with Crippen LogP contribution in [0.1, 0.15) is 0 Å². The summed E-state index contributed by atoms with van der Waals surface area (Å²) in [6.07, 6.45) is 0. The normalized spacial score (nSPS) is 9.42. The van der Waals surface area contributed by atoms with Crippen LogP contribution in [0.4, 0.5) is 0 Å². The average Bonchev–Trinajstić information content (AvgIpc) is 2.57. The fourth-order valence-corrected chi connectivity index (χ4v) is 3.15. The molecule has 0 atom stereocenters. The quantitative estimate of drug-likeness (QED) is 0.301. The molecule has 122 valence electrons. The number of phosphoric acid groups is 1. The van der Waals surface area contributed by atoms with Gasteiger partial charge in [0, 0.05) is 0 Å². The Morgan fingerprint density at radius 1 is 0.500 bits per heavy atom. The summed E-state index contributed by atoms with van der Waals surface area (Å²) < 4.78 is 12.9. The van der Waals surface area contributed by atoms with E-state index in [1.54, 1.807) is 0 Å². The third-order valence-electron chi connectivity index (χ3n) is 2.53. The minimum atomic E-state index is -5.39. The average molecular weight is 522 g/mol. The topological polar surface area (TPSA) is 86.2 Å².